The van der Waals surface area contributed by atoms with Crippen molar-refractivity contribution < 1.29 is 14.3 Å². The van der Waals surface area contributed by atoms with Gasteiger partial charge in [0.25, 0.3) is 0 Å². The first-order chi connectivity index (χ1) is 12.0. The van der Waals surface area contributed by atoms with Gasteiger partial charge in [0.05, 0.1) is 34.9 Å². The summed E-state index contributed by atoms with van der Waals surface area (Å²) in [5, 5.41) is 3.47. The van der Waals surface area contributed by atoms with Crippen molar-refractivity contribution in [3.05, 3.63) is 28.2 Å². The molecule has 0 aliphatic carbocycles. The van der Waals surface area contributed by atoms with E-state index in [0.717, 1.165) is 32.8 Å². The molecule has 0 radical (unpaired) electrons. The highest BCUT2D eigenvalue weighted by Crippen LogP contribution is 2.30. The molecule has 2 fully saturated rings. The van der Waals surface area contributed by atoms with E-state index in [9.17, 15) is 9.59 Å². The van der Waals surface area contributed by atoms with Crippen LogP contribution in [0.3, 0.4) is 0 Å². The van der Waals surface area contributed by atoms with Gasteiger partial charge >= 0.3 is 0 Å². The number of nitrogens with one attached hydrogen (secondary N) is 1. The summed E-state index contributed by atoms with van der Waals surface area (Å²) >= 11 is 12.1. The number of nitrogens with zero attached hydrogens (tertiary/aromatic N) is 2. The van der Waals surface area contributed by atoms with E-state index in [0.29, 0.717) is 28.8 Å². The fourth-order valence-electron chi connectivity index (χ4n) is 3.09. The van der Waals surface area contributed by atoms with Crippen molar-refractivity contribution in [3.63, 3.8) is 0 Å². The van der Waals surface area contributed by atoms with E-state index in [1.807, 2.05) is 0 Å². The van der Waals surface area contributed by atoms with Gasteiger partial charge in [-0.1, -0.05) is 29.3 Å². The Bertz CT molecular complexity index is 650. The van der Waals surface area contributed by atoms with Gasteiger partial charge in [-0.25, -0.2) is 0 Å². The fraction of sp³-hybridized carbons (Fsp3) is 0.529. The molecule has 2 aliphatic rings. The summed E-state index contributed by atoms with van der Waals surface area (Å²) in [6, 6.07) is 5.07. The molecule has 3 rings (SSSR count). The van der Waals surface area contributed by atoms with E-state index in [2.05, 4.69) is 10.2 Å². The molecule has 0 bridgehead atoms. The molecule has 1 atom stereocenters. The molecule has 1 aromatic carbocycles. The zero-order valence-electron chi connectivity index (χ0n) is 13.8. The molecule has 1 N–H and O–H groups in total. The van der Waals surface area contributed by atoms with Crippen LogP contribution in [-0.2, 0) is 14.3 Å². The molecule has 0 aromatic heterocycles. The quantitative estimate of drug-likeness (QED) is 0.842. The number of anilines is 1. The van der Waals surface area contributed by atoms with Gasteiger partial charge in [0.15, 0.2) is 0 Å². The van der Waals surface area contributed by atoms with Crippen molar-refractivity contribution >= 4 is 40.7 Å². The first kappa shape index (κ1) is 18.5. The second-order valence-electron chi connectivity index (χ2n) is 6.29. The van der Waals surface area contributed by atoms with Gasteiger partial charge in [0.1, 0.15) is 0 Å². The summed E-state index contributed by atoms with van der Waals surface area (Å²) in [5.74, 6) is -0.552. The van der Waals surface area contributed by atoms with E-state index >= 15 is 0 Å². The number of ether oxygens (including phenoxy) is 1. The molecule has 1 unspecified atom stereocenters. The second-order valence-corrected chi connectivity index (χ2v) is 7.07. The molecule has 0 saturated carbocycles. The Balaban J connectivity index is 1.52. The van der Waals surface area contributed by atoms with Crippen LogP contribution < -0.4 is 5.32 Å². The molecule has 2 heterocycles. The van der Waals surface area contributed by atoms with E-state index < -0.39 is 0 Å². The Hall–Kier alpha value is -1.34. The van der Waals surface area contributed by atoms with E-state index in [1.54, 1.807) is 23.1 Å². The number of morpholine rings is 1. The summed E-state index contributed by atoms with van der Waals surface area (Å²) in [6.45, 7) is 5.13. The highest BCUT2D eigenvalue weighted by atomic mass is 35.5. The minimum absolute atomic E-state index is 0.0191. The minimum atomic E-state index is -0.368. The number of hydrogen-bond donors (Lipinski definition) is 1. The first-order valence-corrected chi connectivity index (χ1v) is 9.13. The van der Waals surface area contributed by atoms with Crippen LogP contribution >= 0.6 is 23.2 Å². The third kappa shape index (κ3) is 4.64. The third-order valence-electron chi connectivity index (χ3n) is 4.58. The van der Waals surface area contributed by atoms with Gasteiger partial charge in [-0.05, 0) is 12.1 Å². The molecular weight excluding hydrogens is 365 g/mol. The Labute approximate surface area is 157 Å². The third-order valence-corrected chi connectivity index (χ3v) is 5.40. The smallest absolute Gasteiger partial charge is 0.229 e. The number of hydrogen-bond acceptors (Lipinski definition) is 4. The Kier molecular flexibility index (Phi) is 6.17. The normalized spacial score (nSPS) is 21.6. The lowest BCUT2D eigenvalue weighted by Gasteiger charge is -2.28. The Morgan fingerprint density at radius 2 is 2.00 bits per heavy atom. The topological polar surface area (TPSA) is 61.9 Å². The second kappa shape index (κ2) is 8.36. The van der Waals surface area contributed by atoms with Gasteiger partial charge in [0.2, 0.25) is 11.8 Å². The van der Waals surface area contributed by atoms with Crippen LogP contribution in [-0.4, -0.2) is 67.6 Å². The average molecular weight is 386 g/mol. The molecular formula is C17H21Cl2N3O3. The Morgan fingerprint density at radius 1 is 1.24 bits per heavy atom. The Morgan fingerprint density at radius 3 is 2.76 bits per heavy atom. The zero-order valence-corrected chi connectivity index (χ0v) is 15.4. The van der Waals surface area contributed by atoms with Crippen molar-refractivity contribution in [3.8, 4) is 0 Å². The maximum Gasteiger partial charge on any atom is 0.229 e. The molecule has 136 valence electrons. The molecule has 25 heavy (non-hydrogen) atoms. The number of amides is 2. The maximum atomic E-state index is 12.5. The predicted octanol–water partition coefficient (Wildman–Crippen LogP) is 2.11. The van der Waals surface area contributed by atoms with Gasteiger partial charge in [-0.3, -0.25) is 14.5 Å². The number of carbonyl (C=O) groups excluding carboxylic acids is 2. The minimum Gasteiger partial charge on any atom is -0.379 e. The van der Waals surface area contributed by atoms with Crippen molar-refractivity contribution in [1.29, 1.82) is 0 Å². The lowest BCUT2D eigenvalue weighted by molar-refractivity contribution is -0.128. The van der Waals surface area contributed by atoms with Crippen LogP contribution in [0.15, 0.2) is 18.2 Å². The molecule has 6 nitrogen and oxygen atoms in total. The van der Waals surface area contributed by atoms with Crippen LogP contribution in [0.25, 0.3) is 0 Å². The summed E-state index contributed by atoms with van der Waals surface area (Å²) in [6.07, 6.45) is 0.229. The lowest BCUT2D eigenvalue weighted by Crippen LogP contribution is -2.42. The van der Waals surface area contributed by atoms with Gasteiger partial charge in [-0.2, -0.15) is 0 Å². The molecule has 8 heteroatoms. The number of likely N-dealkylation sites (tertiary alicyclic amines) is 1. The molecule has 0 spiro atoms. The number of rotatable bonds is 5. The lowest BCUT2D eigenvalue weighted by atomic mass is 10.1. The summed E-state index contributed by atoms with van der Waals surface area (Å²) < 4.78 is 5.32. The molecule has 2 amide bonds. The average Bonchev–Trinajstić information content (AvgIpc) is 2.99. The highest BCUT2D eigenvalue weighted by Gasteiger charge is 2.34. The summed E-state index contributed by atoms with van der Waals surface area (Å²) in [4.78, 5) is 28.7. The van der Waals surface area contributed by atoms with Crippen LogP contribution in [0.2, 0.25) is 10.0 Å². The monoisotopic (exact) mass is 385 g/mol. The summed E-state index contributed by atoms with van der Waals surface area (Å²) in [5.41, 5.74) is 0.471. The van der Waals surface area contributed by atoms with Crippen LogP contribution in [0.4, 0.5) is 5.69 Å². The van der Waals surface area contributed by atoms with Crippen LogP contribution in [0, 0.1) is 5.92 Å². The number of halogens is 2. The van der Waals surface area contributed by atoms with E-state index in [1.165, 1.54) is 0 Å². The van der Waals surface area contributed by atoms with E-state index in [4.69, 9.17) is 27.9 Å². The number of carbonyl (C=O) groups is 2. The van der Waals surface area contributed by atoms with Gasteiger partial charge in [0, 0.05) is 39.1 Å². The molecule has 2 aliphatic heterocycles. The SMILES string of the molecule is O=C(Nc1cccc(Cl)c1Cl)C1CC(=O)N(CCN2CCOCC2)C1. The predicted molar refractivity (Wildman–Crippen MR) is 97.0 cm³/mol. The van der Waals surface area contributed by atoms with Crippen molar-refractivity contribution in [1.82, 2.24) is 9.80 Å². The van der Waals surface area contributed by atoms with E-state index in [-0.39, 0.29) is 24.2 Å². The summed E-state index contributed by atoms with van der Waals surface area (Å²) in [7, 11) is 0. The number of benzene rings is 1. The van der Waals surface area contributed by atoms with Gasteiger partial charge in [-0.15, -0.1) is 0 Å². The molecule has 2 saturated heterocycles. The van der Waals surface area contributed by atoms with Crippen molar-refractivity contribution in [2.75, 3.05) is 51.3 Å². The highest BCUT2D eigenvalue weighted by molar-refractivity contribution is 6.44. The van der Waals surface area contributed by atoms with Crippen LogP contribution in [0.1, 0.15) is 6.42 Å². The largest absolute Gasteiger partial charge is 0.379 e. The maximum absolute atomic E-state index is 12.5. The standard InChI is InChI=1S/C17H21Cl2N3O3/c18-13-2-1-3-14(16(13)19)20-17(24)12-10-15(23)22(11-12)5-4-21-6-8-25-9-7-21/h1-3,12H,4-11H2,(H,20,24). The van der Waals surface area contributed by atoms with Gasteiger partial charge < -0.3 is 15.0 Å². The first-order valence-electron chi connectivity index (χ1n) is 8.37. The van der Waals surface area contributed by atoms with Crippen molar-refractivity contribution in [2.45, 2.75) is 6.42 Å². The molecule has 1 aromatic rings. The fourth-order valence-corrected chi connectivity index (χ4v) is 3.43. The van der Waals surface area contributed by atoms with Crippen LogP contribution in [0.5, 0.6) is 0 Å². The van der Waals surface area contributed by atoms with Crippen molar-refractivity contribution in [2.24, 2.45) is 5.92 Å². The zero-order chi connectivity index (χ0) is 17.8.